The van der Waals surface area contributed by atoms with E-state index in [4.69, 9.17) is 4.98 Å². The summed E-state index contributed by atoms with van der Waals surface area (Å²) in [5, 5.41) is 0. The summed E-state index contributed by atoms with van der Waals surface area (Å²) in [4.78, 5) is 4.76. The molecule has 29 heavy (non-hydrogen) atoms. The van der Waals surface area contributed by atoms with E-state index in [2.05, 4.69) is 56.4 Å². The number of aryl methyl sites for hydroxylation is 2. The number of aromatic nitrogens is 1. The van der Waals surface area contributed by atoms with E-state index >= 15 is 0 Å². The highest BCUT2D eigenvalue weighted by Crippen LogP contribution is 2.33. The van der Waals surface area contributed by atoms with Crippen LogP contribution in [0.1, 0.15) is 95.6 Å². The highest BCUT2D eigenvalue weighted by atomic mass is 14.7. The van der Waals surface area contributed by atoms with Crippen LogP contribution in [0.25, 0.3) is 11.3 Å². The number of hydrogen-bond donors (Lipinski definition) is 0. The van der Waals surface area contributed by atoms with E-state index in [1.165, 1.54) is 100 Å². The van der Waals surface area contributed by atoms with E-state index in [-0.39, 0.29) is 0 Å². The first-order chi connectivity index (χ1) is 14.3. The van der Waals surface area contributed by atoms with Gasteiger partial charge in [-0.05, 0) is 54.7 Å². The molecule has 0 saturated heterocycles. The number of nitrogens with zero attached hydrogens (tertiary/aromatic N) is 1. The van der Waals surface area contributed by atoms with Crippen LogP contribution in [-0.4, -0.2) is 4.98 Å². The van der Waals surface area contributed by atoms with Crippen molar-refractivity contribution in [1.82, 2.24) is 4.98 Å². The van der Waals surface area contributed by atoms with Gasteiger partial charge < -0.3 is 0 Å². The molecule has 1 aromatic carbocycles. The van der Waals surface area contributed by atoms with Gasteiger partial charge in [-0.2, -0.15) is 0 Å². The Bertz CT molecular complexity index is 677. The summed E-state index contributed by atoms with van der Waals surface area (Å²) in [7, 11) is 0. The second-order valence-electron chi connectivity index (χ2n) is 9.25. The lowest BCUT2D eigenvalue weighted by molar-refractivity contribution is 0.259. The average Bonchev–Trinajstić information content (AvgIpc) is 2.79. The molecule has 0 bridgehead atoms. The largest absolute Gasteiger partial charge is 0.256 e. The van der Waals surface area contributed by atoms with Gasteiger partial charge in [-0.1, -0.05) is 102 Å². The van der Waals surface area contributed by atoms with Gasteiger partial charge in [0.2, 0.25) is 0 Å². The molecule has 1 nitrogen and oxygen atoms in total. The molecule has 1 heterocycles. The van der Waals surface area contributed by atoms with Crippen molar-refractivity contribution in [1.29, 1.82) is 0 Å². The van der Waals surface area contributed by atoms with Crippen molar-refractivity contribution in [2.45, 2.75) is 97.3 Å². The van der Waals surface area contributed by atoms with Gasteiger partial charge in [0.25, 0.3) is 0 Å². The summed E-state index contributed by atoms with van der Waals surface area (Å²) >= 11 is 0. The van der Waals surface area contributed by atoms with Gasteiger partial charge in [-0.25, -0.2) is 0 Å². The summed E-state index contributed by atoms with van der Waals surface area (Å²) < 4.78 is 0. The van der Waals surface area contributed by atoms with E-state index in [1.807, 2.05) is 0 Å². The van der Waals surface area contributed by atoms with E-state index in [0.29, 0.717) is 0 Å². The maximum absolute atomic E-state index is 4.76. The fraction of sp³-hybridized carbons (Fsp3) is 0.607. The van der Waals surface area contributed by atoms with Gasteiger partial charge in [0.05, 0.1) is 5.69 Å². The summed E-state index contributed by atoms with van der Waals surface area (Å²) in [6, 6.07) is 13.6. The minimum atomic E-state index is 0.937. The van der Waals surface area contributed by atoms with Crippen LogP contribution >= 0.6 is 0 Å². The van der Waals surface area contributed by atoms with Crippen LogP contribution in [0.3, 0.4) is 0 Å². The standard InChI is InChI=1S/C28H41N/c1-3-5-6-7-8-9-24-16-19-27(20-17-24)28-21-18-26(22-29-28)15-14-25-12-10-23(4-2)11-13-25/h16-23,25H,3-15H2,1-2H3/t23-,25-. The SMILES string of the molecule is CCCCCCCc1ccc(-c2ccc(CC[C@H]3CC[C@H](CC)CC3)cn2)cc1. The molecule has 0 radical (unpaired) electrons. The second-order valence-corrected chi connectivity index (χ2v) is 9.25. The molecule has 0 amide bonds. The van der Waals surface area contributed by atoms with Gasteiger partial charge in [0.1, 0.15) is 0 Å². The Morgan fingerprint density at radius 3 is 2.07 bits per heavy atom. The molecule has 1 aliphatic carbocycles. The first-order valence-corrected chi connectivity index (χ1v) is 12.3. The zero-order valence-electron chi connectivity index (χ0n) is 18.8. The predicted molar refractivity (Wildman–Crippen MR) is 126 cm³/mol. The number of unbranched alkanes of at least 4 members (excludes halogenated alkanes) is 4. The Labute approximate surface area is 179 Å². The quantitative estimate of drug-likeness (QED) is 0.350. The van der Waals surface area contributed by atoms with Crippen molar-refractivity contribution in [3.63, 3.8) is 0 Å². The van der Waals surface area contributed by atoms with Gasteiger partial charge in [0, 0.05) is 11.8 Å². The fourth-order valence-corrected chi connectivity index (χ4v) is 4.82. The van der Waals surface area contributed by atoms with Crippen LogP contribution in [-0.2, 0) is 12.8 Å². The van der Waals surface area contributed by atoms with Crippen molar-refractivity contribution in [2.24, 2.45) is 11.8 Å². The highest BCUT2D eigenvalue weighted by molar-refractivity contribution is 5.59. The van der Waals surface area contributed by atoms with Crippen molar-refractivity contribution in [3.8, 4) is 11.3 Å². The second kappa shape index (κ2) is 12.2. The molecule has 2 aromatic rings. The molecular formula is C28H41N. The summed E-state index contributed by atoms with van der Waals surface area (Å²) in [5.74, 6) is 1.94. The third kappa shape index (κ3) is 7.28. The Kier molecular flexibility index (Phi) is 9.25. The van der Waals surface area contributed by atoms with Crippen LogP contribution in [0.15, 0.2) is 42.6 Å². The van der Waals surface area contributed by atoms with Gasteiger partial charge in [-0.15, -0.1) is 0 Å². The average molecular weight is 392 g/mol. The fourth-order valence-electron chi connectivity index (χ4n) is 4.82. The number of benzene rings is 1. The molecule has 1 fully saturated rings. The van der Waals surface area contributed by atoms with Gasteiger partial charge in [0.15, 0.2) is 0 Å². The Morgan fingerprint density at radius 2 is 1.41 bits per heavy atom. The van der Waals surface area contributed by atoms with Crippen LogP contribution in [0.5, 0.6) is 0 Å². The molecule has 1 saturated carbocycles. The summed E-state index contributed by atoms with van der Waals surface area (Å²) in [6.45, 7) is 4.62. The van der Waals surface area contributed by atoms with Crippen molar-refractivity contribution in [2.75, 3.05) is 0 Å². The minimum Gasteiger partial charge on any atom is -0.256 e. The number of pyridine rings is 1. The lowest BCUT2D eigenvalue weighted by Gasteiger charge is -2.27. The molecule has 0 N–H and O–H groups in total. The molecular weight excluding hydrogens is 350 g/mol. The van der Waals surface area contributed by atoms with Crippen LogP contribution < -0.4 is 0 Å². The van der Waals surface area contributed by atoms with Crippen LogP contribution in [0, 0.1) is 11.8 Å². The van der Waals surface area contributed by atoms with Gasteiger partial charge in [-0.3, -0.25) is 4.98 Å². The topological polar surface area (TPSA) is 12.9 Å². The third-order valence-electron chi connectivity index (χ3n) is 7.03. The highest BCUT2D eigenvalue weighted by Gasteiger charge is 2.19. The zero-order valence-corrected chi connectivity index (χ0v) is 18.8. The van der Waals surface area contributed by atoms with E-state index < -0.39 is 0 Å². The molecule has 158 valence electrons. The summed E-state index contributed by atoms with van der Waals surface area (Å²) in [6.07, 6.45) is 19.7. The lowest BCUT2D eigenvalue weighted by atomic mass is 9.79. The molecule has 0 spiro atoms. The van der Waals surface area contributed by atoms with E-state index in [9.17, 15) is 0 Å². The molecule has 1 heteroatoms. The van der Waals surface area contributed by atoms with Gasteiger partial charge >= 0.3 is 0 Å². The normalized spacial score (nSPS) is 19.4. The first kappa shape index (κ1) is 22.1. The molecule has 0 aliphatic heterocycles. The Hall–Kier alpha value is -1.63. The number of hydrogen-bond acceptors (Lipinski definition) is 1. The zero-order chi connectivity index (χ0) is 20.3. The molecule has 0 unspecified atom stereocenters. The maximum Gasteiger partial charge on any atom is 0.0702 e. The van der Waals surface area contributed by atoms with Crippen LogP contribution in [0.2, 0.25) is 0 Å². The molecule has 1 aromatic heterocycles. The molecule has 0 atom stereocenters. The maximum atomic E-state index is 4.76. The third-order valence-corrected chi connectivity index (χ3v) is 7.03. The van der Waals surface area contributed by atoms with Crippen molar-refractivity contribution < 1.29 is 0 Å². The monoisotopic (exact) mass is 391 g/mol. The Balaban J connectivity index is 1.43. The van der Waals surface area contributed by atoms with Crippen LogP contribution in [0.4, 0.5) is 0 Å². The predicted octanol–water partition coefficient (Wildman–Crippen LogP) is 8.41. The van der Waals surface area contributed by atoms with E-state index in [0.717, 1.165) is 17.5 Å². The smallest absolute Gasteiger partial charge is 0.0702 e. The lowest BCUT2D eigenvalue weighted by Crippen LogP contribution is -2.14. The molecule has 3 rings (SSSR count). The minimum absolute atomic E-state index is 0.937. The molecule has 1 aliphatic rings. The first-order valence-electron chi connectivity index (χ1n) is 12.3. The summed E-state index contributed by atoms with van der Waals surface area (Å²) in [5.41, 5.74) is 5.20. The van der Waals surface area contributed by atoms with Crippen molar-refractivity contribution >= 4 is 0 Å². The van der Waals surface area contributed by atoms with E-state index in [1.54, 1.807) is 0 Å². The number of rotatable bonds is 11. The Morgan fingerprint density at radius 1 is 0.724 bits per heavy atom. The van der Waals surface area contributed by atoms with Crippen molar-refractivity contribution in [3.05, 3.63) is 53.7 Å².